The van der Waals surface area contributed by atoms with Gasteiger partial charge in [-0.3, -0.25) is 9.59 Å². The molecular weight excluding hydrogens is 163 g/mol. The first-order valence-electron chi connectivity index (χ1n) is 2.70. The molecule has 1 unspecified atom stereocenters. The molecule has 0 aliphatic heterocycles. The monoisotopic (exact) mass is 169 g/mol. The second-order valence-corrected chi connectivity index (χ2v) is 1.89. The summed E-state index contributed by atoms with van der Waals surface area (Å²) in [6.07, 6.45) is -4.71. The van der Waals surface area contributed by atoms with Crippen molar-refractivity contribution in [2.45, 2.75) is 19.1 Å². The molecule has 6 heteroatoms. The summed E-state index contributed by atoms with van der Waals surface area (Å²) < 4.78 is 34.8. The van der Waals surface area contributed by atoms with Gasteiger partial charge in [-0.05, 0) is 6.92 Å². The minimum Gasteiger partial charge on any atom is -0.338 e. The Morgan fingerprint density at radius 3 is 2.27 bits per heavy atom. The van der Waals surface area contributed by atoms with Crippen LogP contribution >= 0.6 is 0 Å². The van der Waals surface area contributed by atoms with Gasteiger partial charge in [0.2, 0.25) is 6.29 Å². The Bertz CT molecular complexity index is 166. The smallest absolute Gasteiger partial charge is 0.338 e. The van der Waals surface area contributed by atoms with Crippen molar-refractivity contribution in [3.05, 3.63) is 0 Å². The molecule has 64 valence electrons. The van der Waals surface area contributed by atoms with Crippen LogP contribution in [0.2, 0.25) is 0 Å². The molecule has 1 N–H and O–H groups in total. The van der Waals surface area contributed by atoms with Gasteiger partial charge in [-0.1, -0.05) is 0 Å². The van der Waals surface area contributed by atoms with Gasteiger partial charge >= 0.3 is 6.18 Å². The van der Waals surface area contributed by atoms with Crippen molar-refractivity contribution >= 4 is 12.2 Å². The topological polar surface area (TPSA) is 46.2 Å². The molecule has 0 rings (SSSR count). The molecule has 0 aliphatic rings. The molecule has 0 radical (unpaired) electrons. The average Bonchev–Trinajstić information content (AvgIpc) is 1.85. The number of carbonyl (C=O) groups is 2. The lowest BCUT2D eigenvalue weighted by molar-refractivity contribution is -0.158. The summed E-state index contributed by atoms with van der Waals surface area (Å²) in [6, 6.07) is -1.99. The Hall–Kier alpha value is -1.07. The third-order valence-corrected chi connectivity index (χ3v) is 0.957. The quantitative estimate of drug-likeness (QED) is 0.475. The number of amides is 1. The van der Waals surface area contributed by atoms with E-state index < -0.39 is 18.1 Å². The number of rotatable bonds is 2. The molecule has 0 aliphatic carbocycles. The van der Waals surface area contributed by atoms with Gasteiger partial charge in [-0.2, -0.15) is 13.2 Å². The van der Waals surface area contributed by atoms with Crippen molar-refractivity contribution in [1.82, 2.24) is 5.32 Å². The van der Waals surface area contributed by atoms with E-state index in [2.05, 4.69) is 0 Å². The fraction of sp³-hybridized carbons (Fsp3) is 0.600. The van der Waals surface area contributed by atoms with Crippen molar-refractivity contribution in [1.29, 1.82) is 0 Å². The Balaban J connectivity index is 3.97. The molecule has 3 nitrogen and oxygen atoms in total. The maximum Gasteiger partial charge on any atom is 0.408 e. The Morgan fingerprint density at radius 1 is 1.55 bits per heavy atom. The lowest BCUT2D eigenvalue weighted by Gasteiger charge is -2.14. The lowest BCUT2D eigenvalue weighted by atomic mass is 10.3. The van der Waals surface area contributed by atoms with Crippen LogP contribution in [0, 0.1) is 0 Å². The predicted octanol–water partition coefficient (Wildman–Crippen LogP) is 0.252. The minimum absolute atomic E-state index is 0.206. The van der Waals surface area contributed by atoms with Gasteiger partial charge in [-0.25, -0.2) is 0 Å². The van der Waals surface area contributed by atoms with Crippen molar-refractivity contribution in [3.8, 4) is 0 Å². The van der Waals surface area contributed by atoms with E-state index in [9.17, 15) is 22.8 Å². The fourth-order valence-corrected chi connectivity index (χ4v) is 0.329. The molecule has 1 atom stereocenters. The van der Waals surface area contributed by atoms with E-state index in [4.69, 9.17) is 0 Å². The number of hydrogen-bond donors (Lipinski definition) is 1. The average molecular weight is 169 g/mol. The number of hydrogen-bond acceptors (Lipinski definition) is 2. The first kappa shape index (κ1) is 9.93. The lowest BCUT2D eigenvalue weighted by Crippen LogP contribution is -2.43. The highest BCUT2D eigenvalue weighted by molar-refractivity contribution is 6.23. The van der Waals surface area contributed by atoms with Crippen LogP contribution in [-0.4, -0.2) is 24.4 Å². The molecule has 0 saturated heterocycles. The van der Waals surface area contributed by atoms with E-state index in [-0.39, 0.29) is 6.29 Å². The summed E-state index contributed by atoms with van der Waals surface area (Å²) in [7, 11) is 0. The largest absolute Gasteiger partial charge is 0.408 e. The molecule has 0 aromatic carbocycles. The Kier molecular flexibility index (Phi) is 3.03. The highest BCUT2D eigenvalue weighted by atomic mass is 19.4. The number of nitrogens with one attached hydrogen (secondary N) is 1. The van der Waals surface area contributed by atoms with Crippen molar-refractivity contribution in [2.75, 3.05) is 0 Å². The Labute approximate surface area is 60.6 Å². The zero-order valence-electron chi connectivity index (χ0n) is 5.61. The molecule has 0 spiro atoms. The van der Waals surface area contributed by atoms with E-state index in [1.54, 1.807) is 0 Å². The SMILES string of the molecule is CC(NC(=O)C=O)C(F)(F)F. The van der Waals surface area contributed by atoms with Crippen LogP contribution in [0.3, 0.4) is 0 Å². The predicted molar refractivity (Wildman–Crippen MR) is 29.7 cm³/mol. The van der Waals surface area contributed by atoms with Crippen LogP contribution in [0.15, 0.2) is 0 Å². The van der Waals surface area contributed by atoms with E-state index in [0.29, 0.717) is 0 Å². The molecule has 0 bridgehead atoms. The Morgan fingerprint density at radius 2 is 2.00 bits per heavy atom. The van der Waals surface area contributed by atoms with E-state index in [1.165, 1.54) is 5.32 Å². The normalized spacial score (nSPS) is 13.8. The van der Waals surface area contributed by atoms with Crippen LogP contribution in [0.25, 0.3) is 0 Å². The van der Waals surface area contributed by atoms with E-state index >= 15 is 0 Å². The van der Waals surface area contributed by atoms with Crippen LogP contribution in [0.1, 0.15) is 6.92 Å². The first-order chi connectivity index (χ1) is 4.88. The van der Waals surface area contributed by atoms with E-state index in [1.807, 2.05) is 0 Å². The third-order valence-electron chi connectivity index (χ3n) is 0.957. The highest BCUT2D eigenvalue weighted by Crippen LogP contribution is 2.18. The highest BCUT2D eigenvalue weighted by Gasteiger charge is 2.36. The molecule has 0 aromatic heterocycles. The van der Waals surface area contributed by atoms with Crippen LogP contribution in [-0.2, 0) is 9.59 Å². The molecule has 11 heavy (non-hydrogen) atoms. The summed E-state index contributed by atoms with van der Waals surface area (Å²) in [5, 5.41) is 1.44. The van der Waals surface area contributed by atoms with Gasteiger partial charge in [0, 0.05) is 0 Å². The van der Waals surface area contributed by atoms with Crippen molar-refractivity contribution in [3.63, 3.8) is 0 Å². The number of carbonyl (C=O) groups excluding carboxylic acids is 2. The van der Waals surface area contributed by atoms with Crippen LogP contribution in [0.4, 0.5) is 13.2 Å². The standard InChI is InChI=1S/C5H6F3NO2/c1-3(5(6,7)8)9-4(11)2-10/h2-3H,1H3,(H,9,11). The van der Waals surface area contributed by atoms with Gasteiger partial charge in [-0.15, -0.1) is 0 Å². The van der Waals surface area contributed by atoms with Crippen LogP contribution < -0.4 is 5.32 Å². The van der Waals surface area contributed by atoms with Gasteiger partial charge < -0.3 is 5.32 Å². The van der Waals surface area contributed by atoms with Gasteiger partial charge in [0.25, 0.3) is 5.91 Å². The fourth-order valence-electron chi connectivity index (χ4n) is 0.329. The van der Waals surface area contributed by atoms with E-state index in [0.717, 1.165) is 6.92 Å². The summed E-state index contributed by atoms with van der Waals surface area (Å²) >= 11 is 0. The zero-order valence-corrected chi connectivity index (χ0v) is 5.61. The maximum atomic E-state index is 11.6. The zero-order chi connectivity index (χ0) is 9.07. The van der Waals surface area contributed by atoms with Gasteiger partial charge in [0.15, 0.2) is 0 Å². The summed E-state index contributed by atoms with van der Waals surface area (Å²) in [5.41, 5.74) is 0. The molecule has 0 saturated carbocycles. The number of aldehydes is 1. The molecule has 0 aromatic rings. The number of halogens is 3. The summed E-state index contributed by atoms with van der Waals surface area (Å²) in [6.45, 7) is 0.751. The van der Waals surface area contributed by atoms with Gasteiger partial charge in [0.05, 0.1) is 0 Å². The third kappa shape index (κ3) is 3.59. The summed E-state index contributed by atoms with van der Waals surface area (Å²) in [4.78, 5) is 19.7. The van der Waals surface area contributed by atoms with Crippen LogP contribution in [0.5, 0.6) is 0 Å². The second-order valence-electron chi connectivity index (χ2n) is 1.89. The molecular formula is C5H6F3NO2. The summed E-state index contributed by atoms with van der Waals surface area (Å²) in [5.74, 6) is -1.27. The van der Waals surface area contributed by atoms with Gasteiger partial charge in [0.1, 0.15) is 6.04 Å². The maximum absolute atomic E-state index is 11.6. The minimum atomic E-state index is -4.50. The molecule has 1 amide bonds. The number of alkyl halides is 3. The first-order valence-corrected chi connectivity index (χ1v) is 2.70. The van der Waals surface area contributed by atoms with Crippen molar-refractivity contribution in [2.24, 2.45) is 0 Å². The second kappa shape index (κ2) is 3.36. The van der Waals surface area contributed by atoms with Crippen molar-refractivity contribution < 1.29 is 22.8 Å². The molecule has 0 fully saturated rings. The molecule has 0 heterocycles.